The number of aromatic nitrogens is 2. The number of hydrogen-bond donors (Lipinski definition) is 1. The molecule has 4 aromatic rings. The summed E-state index contributed by atoms with van der Waals surface area (Å²) in [6.45, 7) is 1.12. The van der Waals surface area contributed by atoms with E-state index in [0.29, 0.717) is 31.9 Å². The van der Waals surface area contributed by atoms with E-state index >= 15 is 0 Å². The van der Waals surface area contributed by atoms with Gasteiger partial charge in [-0.3, -0.25) is 4.79 Å². The van der Waals surface area contributed by atoms with Crippen LogP contribution < -0.4 is 5.32 Å². The van der Waals surface area contributed by atoms with Crippen molar-refractivity contribution >= 4 is 62.1 Å². The van der Waals surface area contributed by atoms with Gasteiger partial charge in [-0.2, -0.15) is 0 Å². The number of thiophene rings is 1. The molecule has 8 heteroatoms. The molecular formula is C20H14Cl3N3OS. The Hall–Kier alpha value is -2.05. The average molecular weight is 451 g/mol. The maximum Gasteiger partial charge on any atom is 0.263 e. The number of hydrogen-bond acceptors (Lipinski definition) is 3. The van der Waals surface area contributed by atoms with E-state index in [1.54, 1.807) is 24.7 Å². The zero-order valence-electron chi connectivity index (χ0n) is 14.5. The first kappa shape index (κ1) is 19.3. The molecule has 0 aliphatic carbocycles. The number of carbonyl (C=O) groups excluding carboxylic acids is 1. The third-order valence-electron chi connectivity index (χ3n) is 4.22. The monoisotopic (exact) mass is 449 g/mol. The Morgan fingerprint density at radius 3 is 2.75 bits per heavy atom. The lowest BCUT2D eigenvalue weighted by atomic mass is 10.1. The van der Waals surface area contributed by atoms with Crippen molar-refractivity contribution in [3.05, 3.63) is 86.2 Å². The maximum absolute atomic E-state index is 12.7. The molecule has 1 N–H and O–H groups in total. The summed E-state index contributed by atoms with van der Waals surface area (Å²) in [7, 11) is 0. The second kappa shape index (κ2) is 8.13. The van der Waals surface area contributed by atoms with Gasteiger partial charge in [0.1, 0.15) is 4.88 Å². The highest BCUT2D eigenvalue weighted by Crippen LogP contribution is 2.41. The molecule has 0 saturated carbocycles. The van der Waals surface area contributed by atoms with Crippen LogP contribution in [0.15, 0.2) is 55.1 Å². The molecule has 28 heavy (non-hydrogen) atoms. The first-order chi connectivity index (χ1) is 13.5. The molecule has 0 aliphatic rings. The molecule has 4 nitrogen and oxygen atoms in total. The van der Waals surface area contributed by atoms with Gasteiger partial charge in [-0.25, -0.2) is 4.98 Å². The zero-order valence-corrected chi connectivity index (χ0v) is 17.5. The number of nitrogens with zero attached hydrogens (tertiary/aromatic N) is 2. The van der Waals surface area contributed by atoms with Crippen LogP contribution in [-0.2, 0) is 13.1 Å². The summed E-state index contributed by atoms with van der Waals surface area (Å²) < 4.78 is 2.78. The van der Waals surface area contributed by atoms with E-state index in [1.165, 1.54) is 11.3 Å². The summed E-state index contributed by atoms with van der Waals surface area (Å²) in [5.74, 6) is -0.238. The molecule has 142 valence electrons. The van der Waals surface area contributed by atoms with Crippen LogP contribution >= 0.6 is 46.1 Å². The minimum atomic E-state index is -0.238. The Morgan fingerprint density at radius 1 is 1.14 bits per heavy atom. The van der Waals surface area contributed by atoms with Gasteiger partial charge in [0.15, 0.2) is 0 Å². The Morgan fingerprint density at radius 2 is 1.96 bits per heavy atom. The number of benzene rings is 2. The summed E-state index contributed by atoms with van der Waals surface area (Å²) in [5, 5.41) is 4.89. The fourth-order valence-corrected chi connectivity index (χ4v) is 5.24. The Balaban J connectivity index is 1.50. The predicted octanol–water partition coefficient (Wildman–Crippen LogP) is 6.04. The molecular weight excluding hydrogens is 437 g/mol. The van der Waals surface area contributed by atoms with Crippen molar-refractivity contribution in [2.75, 3.05) is 0 Å². The van der Waals surface area contributed by atoms with Crippen molar-refractivity contribution in [3.63, 3.8) is 0 Å². The molecule has 0 bridgehead atoms. The molecule has 0 atom stereocenters. The third-order valence-corrected chi connectivity index (χ3v) is 6.37. The number of fused-ring (bicyclic) bond motifs is 1. The Bertz CT molecular complexity index is 1160. The summed E-state index contributed by atoms with van der Waals surface area (Å²) in [5.41, 5.74) is 2.13. The van der Waals surface area contributed by atoms with Crippen molar-refractivity contribution in [1.82, 2.24) is 14.9 Å². The molecule has 0 unspecified atom stereocenters. The van der Waals surface area contributed by atoms with E-state index in [2.05, 4.69) is 16.4 Å². The Kier molecular flexibility index (Phi) is 5.60. The number of amides is 1. The SMILES string of the molecule is O=C(NCc1cccc(Cn2ccnc2)c1)c1sc2cc(Cl)cc(Cl)c2c1Cl. The van der Waals surface area contributed by atoms with Crippen molar-refractivity contribution in [2.45, 2.75) is 13.1 Å². The fourth-order valence-electron chi connectivity index (χ4n) is 2.95. The standard InChI is InChI=1S/C20H14Cl3N3OS/c21-14-7-15(22)17-16(8-14)28-19(18(17)23)20(27)25-9-12-2-1-3-13(6-12)10-26-5-4-24-11-26/h1-8,11H,9-10H2,(H,25,27). The van der Waals surface area contributed by atoms with Gasteiger partial charge in [0.25, 0.3) is 5.91 Å². The van der Waals surface area contributed by atoms with Gasteiger partial charge in [-0.05, 0) is 23.3 Å². The van der Waals surface area contributed by atoms with E-state index in [0.717, 1.165) is 22.4 Å². The van der Waals surface area contributed by atoms with E-state index in [1.807, 2.05) is 29.0 Å². The van der Waals surface area contributed by atoms with Crippen LogP contribution in [0.5, 0.6) is 0 Å². The first-order valence-corrected chi connectivity index (χ1v) is 10.3. The summed E-state index contributed by atoms with van der Waals surface area (Å²) in [6, 6.07) is 11.4. The van der Waals surface area contributed by atoms with Gasteiger partial charge in [-0.15, -0.1) is 11.3 Å². The number of imidazole rings is 1. The third kappa shape index (κ3) is 4.03. The lowest BCUT2D eigenvalue weighted by Gasteiger charge is -2.08. The number of halogens is 3. The highest BCUT2D eigenvalue weighted by Gasteiger charge is 2.19. The van der Waals surface area contributed by atoms with E-state index in [4.69, 9.17) is 34.8 Å². The van der Waals surface area contributed by atoms with Gasteiger partial charge in [0, 0.05) is 40.6 Å². The first-order valence-electron chi connectivity index (χ1n) is 8.40. The molecule has 2 aromatic carbocycles. The van der Waals surface area contributed by atoms with Crippen LogP contribution in [0.2, 0.25) is 15.1 Å². The Labute approximate surface area is 180 Å². The summed E-state index contributed by atoms with van der Waals surface area (Å²) in [4.78, 5) is 17.1. The average Bonchev–Trinajstić information content (AvgIpc) is 3.28. The van der Waals surface area contributed by atoms with Gasteiger partial charge < -0.3 is 9.88 Å². The zero-order chi connectivity index (χ0) is 19.7. The smallest absolute Gasteiger partial charge is 0.263 e. The lowest BCUT2D eigenvalue weighted by molar-refractivity contribution is 0.0955. The number of nitrogens with one attached hydrogen (secondary N) is 1. The molecule has 1 amide bonds. The second-order valence-electron chi connectivity index (χ2n) is 6.24. The van der Waals surface area contributed by atoms with E-state index < -0.39 is 0 Å². The van der Waals surface area contributed by atoms with Crippen LogP contribution in [0, 0.1) is 0 Å². The van der Waals surface area contributed by atoms with Crippen LogP contribution in [-0.4, -0.2) is 15.5 Å². The quantitative estimate of drug-likeness (QED) is 0.403. The van der Waals surface area contributed by atoms with Crippen molar-refractivity contribution < 1.29 is 4.79 Å². The van der Waals surface area contributed by atoms with E-state index in [9.17, 15) is 4.79 Å². The predicted molar refractivity (Wildman–Crippen MR) is 116 cm³/mol. The highest BCUT2D eigenvalue weighted by molar-refractivity contribution is 7.21. The van der Waals surface area contributed by atoms with E-state index in [-0.39, 0.29) is 5.91 Å². The largest absolute Gasteiger partial charge is 0.347 e. The second-order valence-corrected chi connectivity index (χ2v) is 8.52. The van der Waals surface area contributed by atoms with Crippen LogP contribution in [0.1, 0.15) is 20.8 Å². The normalized spacial score (nSPS) is 11.1. The molecule has 2 aromatic heterocycles. The summed E-state index contributed by atoms with van der Waals surface area (Å²) >= 11 is 20.0. The molecule has 0 spiro atoms. The lowest BCUT2D eigenvalue weighted by Crippen LogP contribution is -2.22. The molecule has 4 rings (SSSR count). The minimum Gasteiger partial charge on any atom is -0.347 e. The molecule has 2 heterocycles. The molecule has 0 aliphatic heterocycles. The number of rotatable bonds is 5. The van der Waals surface area contributed by atoms with Gasteiger partial charge in [0.2, 0.25) is 0 Å². The minimum absolute atomic E-state index is 0.238. The molecule has 0 radical (unpaired) electrons. The fraction of sp³-hybridized carbons (Fsp3) is 0.100. The molecule has 0 fully saturated rings. The van der Waals surface area contributed by atoms with Crippen LogP contribution in [0.25, 0.3) is 10.1 Å². The van der Waals surface area contributed by atoms with Gasteiger partial charge in [-0.1, -0.05) is 59.1 Å². The maximum atomic E-state index is 12.7. The van der Waals surface area contributed by atoms with Gasteiger partial charge >= 0.3 is 0 Å². The van der Waals surface area contributed by atoms with Crippen LogP contribution in [0.3, 0.4) is 0 Å². The topological polar surface area (TPSA) is 46.9 Å². The molecule has 0 saturated heterocycles. The van der Waals surface area contributed by atoms with Crippen LogP contribution in [0.4, 0.5) is 0 Å². The van der Waals surface area contributed by atoms with Crippen molar-refractivity contribution in [3.8, 4) is 0 Å². The van der Waals surface area contributed by atoms with Gasteiger partial charge in [0.05, 0.1) is 16.4 Å². The highest BCUT2D eigenvalue weighted by atomic mass is 35.5. The number of carbonyl (C=O) groups is 1. The van der Waals surface area contributed by atoms with Crippen molar-refractivity contribution in [1.29, 1.82) is 0 Å². The van der Waals surface area contributed by atoms with Crippen molar-refractivity contribution in [2.24, 2.45) is 0 Å². The summed E-state index contributed by atoms with van der Waals surface area (Å²) in [6.07, 6.45) is 5.43.